The summed E-state index contributed by atoms with van der Waals surface area (Å²) in [4.78, 5) is 2.46. The molecule has 9 aromatic rings. The van der Waals surface area contributed by atoms with Crippen LogP contribution in [0.5, 0.6) is 0 Å². The lowest BCUT2D eigenvalue weighted by atomic mass is 9.79. The topological polar surface area (TPSA) is 3.24 Å². The van der Waals surface area contributed by atoms with Crippen molar-refractivity contribution in [2.75, 3.05) is 4.90 Å². The summed E-state index contributed by atoms with van der Waals surface area (Å²) in [5, 5.41) is 2.55. The van der Waals surface area contributed by atoms with Gasteiger partial charge in [0.1, 0.15) is 0 Å². The standard InChI is InChI=1S/C62H49N/c1-42-33-34-49(53-28-15-20-44-19-7-8-25-52(44)53)41-58(42)48-23-14-24-51(40-48)63(60-32-12-10-26-54(60)47-22-13-21-46(39-47)43-17-5-4-6-18-43)50-37-35-45(36-38-50)55-29-16-30-57-56-27-9-11-31-59(56)62(2,3)61(55)57/h4-42,58H,1-3H3. The summed E-state index contributed by atoms with van der Waals surface area (Å²) in [6, 6.07) is 78.2. The van der Waals surface area contributed by atoms with Crippen LogP contribution in [0.3, 0.4) is 0 Å². The van der Waals surface area contributed by atoms with Gasteiger partial charge in [0.15, 0.2) is 0 Å². The zero-order valence-corrected chi connectivity index (χ0v) is 36.0. The molecule has 0 spiro atoms. The number of benzene rings is 9. The molecule has 0 N–H and O–H groups in total. The molecule has 0 radical (unpaired) electrons. The molecule has 1 heteroatoms. The summed E-state index contributed by atoms with van der Waals surface area (Å²) >= 11 is 0. The van der Waals surface area contributed by atoms with Crippen LogP contribution in [0.15, 0.2) is 231 Å². The molecule has 0 aromatic heterocycles. The molecule has 1 nitrogen and oxygen atoms in total. The van der Waals surface area contributed by atoms with E-state index in [1.165, 1.54) is 83.1 Å². The Bertz CT molecular complexity index is 3210. The number of hydrogen-bond acceptors (Lipinski definition) is 1. The van der Waals surface area contributed by atoms with Gasteiger partial charge in [-0.05, 0) is 120 Å². The molecule has 11 rings (SSSR count). The first-order valence-electron chi connectivity index (χ1n) is 22.3. The minimum absolute atomic E-state index is 0.103. The first kappa shape index (κ1) is 38.4. The van der Waals surface area contributed by atoms with E-state index in [0.29, 0.717) is 5.92 Å². The fourth-order valence-corrected chi connectivity index (χ4v) is 10.4. The van der Waals surface area contributed by atoms with E-state index in [0.717, 1.165) is 17.1 Å². The van der Waals surface area contributed by atoms with Gasteiger partial charge >= 0.3 is 0 Å². The van der Waals surface area contributed by atoms with Crippen molar-refractivity contribution in [3.63, 3.8) is 0 Å². The number of para-hydroxylation sites is 1. The summed E-state index contributed by atoms with van der Waals surface area (Å²) in [6.07, 6.45) is 7.20. The molecule has 2 unspecified atom stereocenters. The largest absolute Gasteiger partial charge is 0.310 e. The summed E-state index contributed by atoms with van der Waals surface area (Å²) in [7, 11) is 0. The number of anilines is 3. The van der Waals surface area contributed by atoms with Gasteiger partial charge in [-0.15, -0.1) is 0 Å². The molecule has 302 valence electrons. The van der Waals surface area contributed by atoms with Gasteiger partial charge in [0, 0.05) is 28.3 Å². The second-order valence-electron chi connectivity index (χ2n) is 17.7. The van der Waals surface area contributed by atoms with Gasteiger partial charge < -0.3 is 4.90 Å². The van der Waals surface area contributed by atoms with Crippen LogP contribution in [-0.2, 0) is 5.41 Å². The highest BCUT2D eigenvalue weighted by Gasteiger charge is 2.37. The van der Waals surface area contributed by atoms with Crippen LogP contribution < -0.4 is 4.90 Å². The first-order valence-corrected chi connectivity index (χ1v) is 22.3. The van der Waals surface area contributed by atoms with Crippen molar-refractivity contribution in [2.24, 2.45) is 5.92 Å². The monoisotopic (exact) mass is 807 g/mol. The van der Waals surface area contributed by atoms with E-state index in [-0.39, 0.29) is 11.3 Å². The second-order valence-corrected chi connectivity index (χ2v) is 17.7. The first-order chi connectivity index (χ1) is 30.9. The van der Waals surface area contributed by atoms with Gasteiger partial charge in [0.05, 0.1) is 5.69 Å². The predicted octanol–water partition coefficient (Wildman–Crippen LogP) is 17.0. The number of fused-ring (bicyclic) bond motifs is 4. The Labute approximate surface area is 372 Å². The summed E-state index contributed by atoms with van der Waals surface area (Å²) in [6.45, 7) is 7.09. The van der Waals surface area contributed by atoms with Crippen molar-refractivity contribution >= 4 is 33.4 Å². The summed E-state index contributed by atoms with van der Waals surface area (Å²) < 4.78 is 0. The van der Waals surface area contributed by atoms with Crippen LogP contribution in [0.2, 0.25) is 0 Å². The maximum atomic E-state index is 2.49. The van der Waals surface area contributed by atoms with Crippen LogP contribution in [-0.4, -0.2) is 0 Å². The zero-order valence-electron chi connectivity index (χ0n) is 36.0. The predicted molar refractivity (Wildman–Crippen MR) is 268 cm³/mol. The molecule has 0 saturated heterocycles. The number of hydrogen-bond donors (Lipinski definition) is 0. The summed E-state index contributed by atoms with van der Waals surface area (Å²) in [5.41, 5.74) is 19.9. The molecular formula is C62H49N. The number of allylic oxidation sites excluding steroid dienone is 4. The second kappa shape index (κ2) is 15.8. The maximum Gasteiger partial charge on any atom is 0.0540 e. The highest BCUT2D eigenvalue weighted by Crippen LogP contribution is 2.52. The molecule has 2 aliphatic rings. The third kappa shape index (κ3) is 6.82. The Kier molecular flexibility index (Phi) is 9.62. The van der Waals surface area contributed by atoms with Crippen molar-refractivity contribution in [1.29, 1.82) is 0 Å². The highest BCUT2D eigenvalue weighted by molar-refractivity contribution is 5.97. The quantitative estimate of drug-likeness (QED) is 0.148. The average Bonchev–Trinajstić information content (AvgIpc) is 3.58. The van der Waals surface area contributed by atoms with Gasteiger partial charge in [-0.2, -0.15) is 0 Å². The Balaban J connectivity index is 1.04. The van der Waals surface area contributed by atoms with E-state index >= 15 is 0 Å². The smallest absolute Gasteiger partial charge is 0.0540 e. The lowest BCUT2D eigenvalue weighted by Crippen LogP contribution is -2.16. The zero-order chi connectivity index (χ0) is 42.5. The number of nitrogens with zero attached hydrogens (tertiary/aromatic N) is 1. The Morgan fingerprint density at radius 3 is 1.95 bits per heavy atom. The molecule has 63 heavy (non-hydrogen) atoms. The third-order valence-corrected chi connectivity index (χ3v) is 13.6. The van der Waals surface area contributed by atoms with Gasteiger partial charge in [-0.3, -0.25) is 0 Å². The normalized spacial score (nSPS) is 16.0. The van der Waals surface area contributed by atoms with Gasteiger partial charge in [0.25, 0.3) is 0 Å². The molecule has 0 aliphatic heterocycles. The van der Waals surface area contributed by atoms with Gasteiger partial charge in [0.2, 0.25) is 0 Å². The van der Waals surface area contributed by atoms with Crippen LogP contribution in [0.25, 0.3) is 60.9 Å². The molecule has 0 saturated carbocycles. The molecular weight excluding hydrogens is 759 g/mol. The number of rotatable bonds is 8. The van der Waals surface area contributed by atoms with Crippen molar-refractivity contribution in [1.82, 2.24) is 0 Å². The van der Waals surface area contributed by atoms with E-state index in [2.05, 4.69) is 256 Å². The molecule has 0 bridgehead atoms. The van der Waals surface area contributed by atoms with Crippen molar-refractivity contribution in [2.45, 2.75) is 32.1 Å². The lowest BCUT2D eigenvalue weighted by Gasteiger charge is -2.30. The van der Waals surface area contributed by atoms with E-state index < -0.39 is 0 Å². The maximum absolute atomic E-state index is 2.49. The van der Waals surface area contributed by atoms with Crippen LogP contribution >= 0.6 is 0 Å². The molecule has 0 fully saturated rings. The third-order valence-electron chi connectivity index (χ3n) is 13.6. The summed E-state index contributed by atoms with van der Waals surface area (Å²) in [5.74, 6) is 0.543. The Hall–Kier alpha value is -7.48. The lowest BCUT2D eigenvalue weighted by molar-refractivity contribution is 0.637. The molecule has 2 atom stereocenters. The van der Waals surface area contributed by atoms with E-state index in [4.69, 9.17) is 0 Å². The van der Waals surface area contributed by atoms with Crippen LogP contribution in [0, 0.1) is 5.92 Å². The fraction of sp³-hybridized carbons (Fsp3) is 0.0968. The van der Waals surface area contributed by atoms with Crippen LogP contribution in [0.1, 0.15) is 48.9 Å². The average molecular weight is 808 g/mol. The van der Waals surface area contributed by atoms with Gasteiger partial charge in [-0.25, -0.2) is 0 Å². The molecule has 0 heterocycles. The van der Waals surface area contributed by atoms with E-state index in [9.17, 15) is 0 Å². The van der Waals surface area contributed by atoms with Gasteiger partial charge in [-0.1, -0.05) is 215 Å². The SMILES string of the molecule is CC1C=CC(c2cccc3ccccc23)=CC1c1cccc(N(c2ccc(-c3cccc4c3C(C)(C)c3ccccc3-4)cc2)c2ccccc2-c2cccc(-c3ccccc3)c2)c1. The molecule has 9 aromatic carbocycles. The van der Waals surface area contributed by atoms with E-state index in [1.54, 1.807) is 0 Å². The Morgan fingerprint density at radius 1 is 0.444 bits per heavy atom. The minimum Gasteiger partial charge on any atom is -0.310 e. The Morgan fingerprint density at radius 2 is 1.08 bits per heavy atom. The molecule has 2 aliphatic carbocycles. The van der Waals surface area contributed by atoms with Crippen molar-refractivity contribution in [3.05, 3.63) is 253 Å². The van der Waals surface area contributed by atoms with Crippen LogP contribution in [0.4, 0.5) is 17.1 Å². The highest BCUT2D eigenvalue weighted by atomic mass is 15.1. The van der Waals surface area contributed by atoms with E-state index in [1.807, 2.05) is 0 Å². The van der Waals surface area contributed by atoms with Crippen molar-refractivity contribution < 1.29 is 0 Å². The molecule has 0 amide bonds. The fourth-order valence-electron chi connectivity index (χ4n) is 10.4. The van der Waals surface area contributed by atoms with Crippen molar-refractivity contribution in [3.8, 4) is 44.5 Å². The minimum atomic E-state index is -0.103.